The van der Waals surface area contributed by atoms with Crippen LogP contribution in [-0.2, 0) is 14.3 Å². The van der Waals surface area contributed by atoms with E-state index in [0.717, 1.165) is 58.2 Å². The Labute approximate surface area is 108 Å². The molecule has 4 nitrogen and oxygen atoms in total. The van der Waals surface area contributed by atoms with Gasteiger partial charge in [-0.2, -0.15) is 0 Å². The second-order valence-corrected chi connectivity index (χ2v) is 6.20. The molecule has 1 heterocycles. The predicted molar refractivity (Wildman–Crippen MR) is 67.2 cm³/mol. The summed E-state index contributed by atoms with van der Waals surface area (Å²) in [5.41, 5.74) is 0.155. The molecule has 0 radical (unpaired) electrons. The maximum absolute atomic E-state index is 12.0. The third-order valence-electron chi connectivity index (χ3n) is 5.53. The fraction of sp³-hybridized carbons (Fsp3) is 0.929. The van der Waals surface area contributed by atoms with Gasteiger partial charge in [-0.25, -0.2) is 0 Å². The lowest BCUT2D eigenvalue weighted by Crippen LogP contribution is -2.56. The smallest absolute Gasteiger partial charge is 0.311 e. The van der Waals surface area contributed by atoms with Crippen molar-refractivity contribution in [1.82, 2.24) is 5.32 Å². The van der Waals surface area contributed by atoms with Crippen LogP contribution in [0.1, 0.15) is 38.5 Å². The normalized spacial score (nSPS) is 43.7. The third-order valence-corrected chi connectivity index (χ3v) is 5.53. The van der Waals surface area contributed by atoms with Crippen molar-refractivity contribution in [1.29, 1.82) is 0 Å². The molecule has 1 aliphatic heterocycles. The number of ether oxygens (including phenoxy) is 2. The van der Waals surface area contributed by atoms with Crippen LogP contribution >= 0.6 is 0 Å². The Morgan fingerprint density at radius 2 is 1.89 bits per heavy atom. The Morgan fingerprint density at radius 1 is 1.22 bits per heavy atom. The molecule has 4 heteroatoms. The number of hydrogen-bond donors (Lipinski definition) is 1. The first-order chi connectivity index (χ1) is 8.71. The lowest BCUT2D eigenvalue weighted by molar-refractivity contribution is -0.172. The monoisotopic (exact) mass is 253 g/mol. The van der Waals surface area contributed by atoms with E-state index >= 15 is 0 Å². The highest BCUT2D eigenvalue weighted by Gasteiger charge is 2.56. The Morgan fingerprint density at radius 3 is 2.39 bits per heavy atom. The van der Waals surface area contributed by atoms with Crippen molar-refractivity contribution < 1.29 is 14.3 Å². The van der Waals surface area contributed by atoms with Crippen molar-refractivity contribution in [2.45, 2.75) is 44.6 Å². The van der Waals surface area contributed by atoms with Crippen LogP contribution in [0.3, 0.4) is 0 Å². The summed E-state index contributed by atoms with van der Waals surface area (Å²) in [6.45, 7) is 2.78. The molecule has 4 aliphatic rings. The first kappa shape index (κ1) is 12.4. The van der Waals surface area contributed by atoms with E-state index in [1.807, 2.05) is 0 Å². The van der Waals surface area contributed by atoms with Crippen molar-refractivity contribution in [3.05, 3.63) is 0 Å². The van der Waals surface area contributed by atoms with Crippen LogP contribution in [0.25, 0.3) is 0 Å². The van der Waals surface area contributed by atoms with E-state index in [-0.39, 0.29) is 11.4 Å². The zero-order valence-electron chi connectivity index (χ0n) is 11.2. The Hall–Kier alpha value is -0.610. The summed E-state index contributed by atoms with van der Waals surface area (Å²) in [4.78, 5) is 12.0. The number of morpholine rings is 1. The molecule has 4 fully saturated rings. The van der Waals surface area contributed by atoms with E-state index in [9.17, 15) is 4.79 Å². The van der Waals surface area contributed by atoms with Gasteiger partial charge >= 0.3 is 5.97 Å². The van der Waals surface area contributed by atoms with Crippen molar-refractivity contribution in [3.63, 3.8) is 0 Å². The van der Waals surface area contributed by atoms with E-state index in [1.165, 1.54) is 7.11 Å². The summed E-state index contributed by atoms with van der Waals surface area (Å²) >= 11 is 0. The minimum absolute atomic E-state index is 0.0125. The number of nitrogens with one attached hydrogen (secondary N) is 1. The molecule has 4 rings (SSSR count). The van der Waals surface area contributed by atoms with Crippen molar-refractivity contribution in [2.24, 2.45) is 10.8 Å². The Kier molecular flexibility index (Phi) is 3.10. The summed E-state index contributed by atoms with van der Waals surface area (Å²) in [6.07, 6.45) is 6.66. The summed E-state index contributed by atoms with van der Waals surface area (Å²) in [5.74, 6) is 0.0125. The fourth-order valence-corrected chi connectivity index (χ4v) is 4.18. The van der Waals surface area contributed by atoms with Gasteiger partial charge in [0.2, 0.25) is 0 Å². The number of carbonyl (C=O) groups excluding carboxylic acids is 1. The van der Waals surface area contributed by atoms with Crippen LogP contribution in [0.15, 0.2) is 0 Å². The lowest BCUT2D eigenvalue weighted by Gasteiger charge is -2.55. The Bertz CT molecular complexity index is 311. The van der Waals surface area contributed by atoms with Gasteiger partial charge in [0, 0.05) is 13.1 Å². The summed E-state index contributed by atoms with van der Waals surface area (Å²) in [6, 6.07) is 0. The lowest BCUT2D eigenvalue weighted by atomic mass is 9.52. The fourth-order valence-electron chi connectivity index (χ4n) is 4.18. The molecular formula is C14H23NO3. The van der Waals surface area contributed by atoms with Crippen LogP contribution in [0, 0.1) is 10.8 Å². The third kappa shape index (κ3) is 1.77. The maximum Gasteiger partial charge on any atom is 0.311 e. The van der Waals surface area contributed by atoms with Gasteiger partial charge < -0.3 is 14.8 Å². The van der Waals surface area contributed by atoms with Crippen LogP contribution in [-0.4, -0.2) is 38.9 Å². The zero-order valence-corrected chi connectivity index (χ0v) is 11.2. The minimum atomic E-state index is -0.168. The molecule has 3 aliphatic carbocycles. The van der Waals surface area contributed by atoms with Crippen molar-refractivity contribution in [3.8, 4) is 0 Å². The molecule has 1 saturated heterocycles. The average Bonchev–Trinajstić information content (AvgIpc) is 2.49. The number of fused-ring (bicyclic) bond motifs is 3. The van der Waals surface area contributed by atoms with E-state index in [1.54, 1.807) is 0 Å². The van der Waals surface area contributed by atoms with Gasteiger partial charge in [-0.05, 0) is 43.9 Å². The molecule has 0 amide bonds. The molecule has 1 unspecified atom stereocenters. The van der Waals surface area contributed by atoms with Gasteiger partial charge in [-0.15, -0.1) is 0 Å². The molecular weight excluding hydrogens is 230 g/mol. The van der Waals surface area contributed by atoms with Gasteiger partial charge in [0.15, 0.2) is 0 Å². The molecule has 3 saturated carbocycles. The van der Waals surface area contributed by atoms with Crippen LogP contribution < -0.4 is 5.32 Å². The molecule has 0 aromatic heterocycles. The number of rotatable bonds is 2. The number of methoxy groups -OCH3 is 1. The quantitative estimate of drug-likeness (QED) is 0.757. The second-order valence-electron chi connectivity index (χ2n) is 6.20. The highest BCUT2D eigenvalue weighted by Crippen LogP contribution is 2.59. The van der Waals surface area contributed by atoms with Crippen LogP contribution in [0.2, 0.25) is 0 Å². The standard InChI is InChI=1S/C14H23NO3/c1-17-12(16)14-5-2-13(3-6-14,4-7-14)11-10-15-8-9-18-11/h11,15H,2-10H2,1H3. The van der Waals surface area contributed by atoms with Gasteiger partial charge in [-0.1, -0.05) is 0 Å². The molecule has 1 N–H and O–H groups in total. The summed E-state index contributed by atoms with van der Waals surface area (Å²) in [7, 11) is 1.52. The zero-order chi connectivity index (χ0) is 12.6. The van der Waals surface area contributed by atoms with E-state index in [2.05, 4.69) is 5.32 Å². The van der Waals surface area contributed by atoms with E-state index in [0.29, 0.717) is 11.5 Å². The minimum Gasteiger partial charge on any atom is -0.469 e. The SMILES string of the molecule is COC(=O)C12CCC(C3CNCCO3)(CC1)CC2. The van der Waals surface area contributed by atoms with Crippen molar-refractivity contribution >= 4 is 5.97 Å². The largest absolute Gasteiger partial charge is 0.469 e. The van der Waals surface area contributed by atoms with E-state index in [4.69, 9.17) is 9.47 Å². The van der Waals surface area contributed by atoms with Gasteiger partial charge in [0.05, 0.1) is 25.2 Å². The van der Waals surface area contributed by atoms with E-state index < -0.39 is 0 Å². The molecule has 2 bridgehead atoms. The summed E-state index contributed by atoms with van der Waals surface area (Å²) in [5, 5.41) is 3.44. The number of carbonyl (C=O) groups is 1. The predicted octanol–water partition coefficient (Wildman–Crippen LogP) is 1.49. The number of esters is 1. The molecule has 0 aromatic rings. The molecule has 18 heavy (non-hydrogen) atoms. The van der Waals surface area contributed by atoms with Crippen LogP contribution in [0.4, 0.5) is 0 Å². The van der Waals surface area contributed by atoms with Gasteiger partial charge in [0.25, 0.3) is 0 Å². The van der Waals surface area contributed by atoms with Crippen molar-refractivity contribution in [2.75, 3.05) is 26.8 Å². The topological polar surface area (TPSA) is 47.6 Å². The molecule has 0 aromatic carbocycles. The first-order valence-electron chi connectivity index (χ1n) is 7.12. The van der Waals surface area contributed by atoms with Crippen LogP contribution in [0.5, 0.6) is 0 Å². The average molecular weight is 253 g/mol. The highest BCUT2D eigenvalue weighted by molar-refractivity contribution is 5.77. The second kappa shape index (κ2) is 4.49. The molecule has 0 spiro atoms. The number of hydrogen-bond acceptors (Lipinski definition) is 4. The molecule has 1 atom stereocenters. The first-order valence-corrected chi connectivity index (χ1v) is 7.12. The van der Waals surface area contributed by atoms with Gasteiger partial charge in [0.1, 0.15) is 0 Å². The molecule has 102 valence electrons. The maximum atomic E-state index is 12.0. The highest BCUT2D eigenvalue weighted by atomic mass is 16.5. The summed E-state index contributed by atoms with van der Waals surface area (Å²) < 4.78 is 11.0. The van der Waals surface area contributed by atoms with Gasteiger partial charge in [-0.3, -0.25) is 4.79 Å². The Balaban J connectivity index is 1.72.